The smallest absolute Gasteiger partial charge is 0.272 e. The van der Waals surface area contributed by atoms with Gasteiger partial charge in [0.25, 0.3) is 5.91 Å². The number of hydrogen-bond donors (Lipinski definition) is 1. The second-order valence-corrected chi connectivity index (χ2v) is 5.30. The monoisotopic (exact) mass is 310 g/mol. The van der Waals surface area contributed by atoms with Crippen molar-refractivity contribution < 1.29 is 9.53 Å². The molecule has 6 nitrogen and oxygen atoms in total. The number of nitrogens with zero attached hydrogens (tertiary/aromatic N) is 3. The van der Waals surface area contributed by atoms with Crippen molar-refractivity contribution >= 4 is 17.1 Å². The van der Waals surface area contributed by atoms with Crippen molar-refractivity contribution in [2.24, 2.45) is 0 Å². The maximum absolute atomic E-state index is 12.7. The van der Waals surface area contributed by atoms with Crippen LogP contribution in [0, 0.1) is 0 Å². The lowest BCUT2D eigenvalue weighted by Gasteiger charge is -2.26. The molecule has 1 atom stereocenters. The Hall–Kier alpha value is -2.89. The molecule has 0 saturated carbocycles. The number of amides is 1. The Kier molecular flexibility index (Phi) is 3.97. The Bertz CT molecular complexity index is 843. The van der Waals surface area contributed by atoms with Gasteiger partial charge < -0.3 is 14.6 Å². The second kappa shape index (κ2) is 6.08. The summed E-state index contributed by atoms with van der Waals surface area (Å²) in [4.78, 5) is 25.7. The van der Waals surface area contributed by atoms with Crippen LogP contribution < -0.4 is 4.74 Å². The summed E-state index contributed by atoms with van der Waals surface area (Å²) in [6.45, 7) is 1.96. The van der Waals surface area contributed by atoms with Gasteiger partial charge in [-0.2, -0.15) is 0 Å². The summed E-state index contributed by atoms with van der Waals surface area (Å²) in [5.41, 5.74) is 2.66. The van der Waals surface area contributed by atoms with E-state index in [1.165, 1.54) is 0 Å². The van der Waals surface area contributed by atoms with Gasteiger partial charge in [0.15, 0.2) is 5.65 Å². The number of pyridine rings is 1. The Balaban J connectivity index is 1.88. The summed E-state index contributed by atoms with van der Waals surface area (Å²) < 4.78 is 5.38. The van der Waals surface area contributed by atoms with Crippen molar-refractivity contribution in [3.63, 3.8) is 0 Å². The van der Waals surface area contributed by atoms with Gasteiger partial charge in [-0.1, -0.05) is 18.2 Å². The number of methoxy groups -OCH3 is 1. The summed E-state index contributed by atoms with van der Waals surface area (Å²) in [7, 11) is 3.39. The number of aromatic amines is 1. The maximum atomic E-state index is 12.7. The Labute approximate surface area is 134 Å². The molecule has 0 bridgehead atoms. The number of nitrogens with one attached hydrogen (secondary N) is 1. The number of H-pyrrole nitrogens is 1. The van der Waals surface area contributed by atoms with Gasteiger partial charge in [0.2, 0.25) is 0 Å². The molecule has 3 rings (SSSR count). The van der Waals surface area contributed by atoms with Gasteiger partial charge in [-0.15, -0.1) is 0 Å². The largest absolute Gasteiger partial charge is 0.496 e. The van der Waals surface area contributed by atoms with Gasteiger partial charge in [0.1, 0.15) is 11.4 Å². The number of ether oxygens (including phenoxy) is 1. The molecule has 23 heavy (non-hydrogen) atoms. The fraction of sp³-hybridized carbons (Fsp3) is 0.235. The van der Waals surface area contributed by atoms with Crippen molar-refractivity contribution in [3.05, 3.63) is 54.0 Å². The number of hydrogen-bond acceptors (Lipinski definition) is 4. The lowest BCUT2D eigenvalue weighted by atomic mass is 10.1. The maximum Gasteiger partial charge on any atom is 0.272 e. The number of para-hydroxylation sites is 1. The number of benzene rings is 1. The molecule has 0 unspecified atom stereocenters. The molecule has 2 heterocycles. The third kappa shape index (κ3) is 2.75. The second-order valence-electron chi connectivity index (χ2n) is 5.30. The van der Waals surface area contributed by atoms with E-state index in [1.54, 1.807) is 31.5 Å². The minimum atomic E-state index is -0.159. The van der Waals surface area contributed by atoms with E-state index in [2.05, 4.69) is 15.0 Å². The van der Waals surface area contributed by atoms with Gasteiger partial charge in [0.05, 0.1) is 25.0 Å². The lowest BCUT2D eigenvalue weighted by molar-refractivity contribution is 0.0735. The fourth-order valence-corrected chi connectivity index (χ4v) is 2.52. The molecule has 0 radical (unpaired) electrons. The van der Waals surface area contributed by atoms with Crippen molar-refractivity contribution in [1.29, 1.82) is 0 Å². The quantitative estimate of drug-likeness (QED) is 0.804. The van der Waals surface area contributed by atoms with Gasteiger partial charge >= 0.3 is 0 Å². The minimum Gasteiger partial charge on any atom is -0.496 e. The van der Waals surface area contributed by atoms with Crippen LogP contribution in [-0.2, 0) is 0 Å². The molecule has 0 saturated heterocycles. The van der Waals surface area contributed by atoms with Crippen molar-refractivity contribution in [2.75, 3.05) is 14.2 Å². The van der Waals surface area contributed by atoms with Gasteiger partial charge in [-0.25, -0.2) is 9.97 Å². The molecule has 1 amide bonds. The van der Waals surface area contributed by atoms with E-state index >= 15 is 0 Å². The zero-order valence-electron chi connectivity index (χ0n) is 13.3. The normalized spacial score (nSPS) is 12.1. The molecule has 2 aromatic heterocycles. The number of imidazole rings is 1. The van der Waals surface area contributed by atoms with Gasteiger partial charge in [0, 0.05) is 12.6 Å². The third-order valence-corrected chi connectivity index (χ3v) is 3.99. The molecular formula is C17H18N4O2. The Morgan fingerprint density at radius 2 is 2.04 bits per heavy atom. The van der Waals surface area contributed by atoms with E-state index in [0.717, 1.165) is 16.8 Å². The summed E-state index contributed by atoms with van der Waals surface area (Å²) in [5.74, 6) is 0.601. The average molecular weight is 310 g/mol. The highest BCUT2D eigenvalue weighted by atomic mass is 16.5. The van der Waals surface area contributed by atoms with Crippen LogP contribution in [0.15, 0.2) is 42.7 Å². The molecule has 118 valence electrons. The molecule has 3 aromatic rings. The molecule has 1 aromatic carbocycles. The number of rotatable bonds is 4. The molecule has 0 aliphatic carbocycles. The van der Waals surface area contributed by atoms with Crippen molar-refractivity contribution in [1.82, 2.24) is 19.9 Å². The van der Waals surface area contributed by atoms with Crippen molar-refractivity contribution in [2.45, 2.75) is 13.0 Å². The number of aromatic nitrogens is 3. The minimum absolute atomic E-state index is 0.143. The van der Waals surface area contributed by atoms with Crippen LogP contribution in [0.4, 0.5) is 0 Å². The number of carbonyl (C=O) groups excluding carboxylic acids is 1. The lowest BCUT2D eigenvalue weighted by Crippen LogP contribution is -2.30. The van der Waals surface area contributed by atoms with E-state index < -0.39 is 0 Å². The predicted molar refractivity (Wildman–Crippen MR) is 87.4 cm³/mol. The van der Waals surface area contributed by atoms with Gasteiger partial charge in [-0.05, 0) is 25.1 Å². The SMILES string of the molecule is COc1ccccc1[C@H](C)N(C)C(=O)c1ccc2[nH]cnc2n1. The summed E-state index contributed by atoms with van der Waals surface area (Å²) in [6, 6.07) is 11.1. The van der Waals surface area contributed by atoms with Crippen LogP contribution in [0.3, 0.4) is 0 Å². The van der Waals surface area contributed by atoms with Crippen LogP contribution in [-0.4, -0.2) is 39.9 Å². The molecule has 0 fully saturated rings. The summed E-state index contributed by atoms with van der Waals surface area (Å²) >= 11 is 0. The number of carbonyl (C=O) groups is 1. The first-order valence-corrected chi connectivity index (χ1v) is 7.32. The van der Waals surface area contributed by atoms with E-state index in [9.17, 15) is 4.79 Å². The van der Waals surface area contributed by atoms with Crippen LogP contribution in [0.1, 0.15) is 29.0 Å². The van der Waals surface area contributed by atoms with E-state index in [1.807, 2.05) is 37.3 Å². The first-order valence-electron chi connectivity index (χ1n) is 7.32. The zero-order chi connectivity index (χ0) is 16.4. The molecule has 0 aliphatic rings. The fourth-order valence-electron chi connectivity index (χ4n) is 2.52. The molecule has 0 spiro atoms. The highest BCUT2D eigenvalue weighted by Crippen LogP contribution is 2.28. The van der Waals surface area contributed by atoms with E-state index in [-0.39, 0.29) is 11.9 Å². The van der Waals surface area contributed by atoms with Crippen LogP contribution in [0.5, 0.6) is 5.75 Å². The number of fused-ring (bicyclic) bond motifs is 1. The molecule has 6 heteroatoms. The first-order chi connectivity index (χ1) is 11.1. The standard InChI is InChI=1S/C17H18N4O2/c1-11(12-6-4-5-7-15(12)23-3)21(2)17(22)14-9-8-13-16(20-14)19-10-18-13/h4-11H,1-3H3,(H,18,19,20)/t11-/m0/s1. The highest BCUT2D eigenvalue weighted by molar-refractivity contribution is 5.94. The predicted octanol–water partition coefficient (Wildman–Crippen LogP) is 2.80. The van der Waals surface area contributed by atoms with E-state index in [0.29, 0.717) is 11.3 Å². The van der Waals surface area contributed by atoms with Crippen LogP contribution >= 0.6 is 0 Å². The summed E-state index contributed by atoms with van der Waals surface area (Å²) in [6.07, 6.45) is 1.56. The topological polar surface area (TPSA) is 71.1 Å². The third-order valence-electron chi connectivity index (χ3n) is 3.99. The Morgan fingerprint density at radius 3 is 2.83 bits per heavy atom. The highest BCUT2D eigenvalue weighted by Gasteiger charge is 2.22. The van der Waals surface area contributed by atoms with Crippen LogP contribution in [0.25, 0.3) is 11.2 Å². The molecule has 1 N–H and O–H groups in total. The van der Waals surface area contributed by atoms with Crippen LogP contribution in [0.2, 0.25) is 0 Å². The van der Waals surface area contributed by atoms with Crippen molar-refractivity contribution in [3.8, 4) is 5.75 Å². The first kappa shape index (κ1) is 15.0. The Morgan fingerprint density at radius 1 is 1.26 bits per heavy atom. The average Bonchev–Trinajstić information content (AvgIpc) is 3.07. The van der Waals surface area contributed by atoms with Gasteiger partial charge in [-0.3, -0.25) is 4.79 Å². The molecule has 0 aliphatic heterocycles. The summed E-state index contributed by atoms with van der Waals surface area (Å²) in [5, 5.41) is 0. The molecular weight excluding hydrogens is 292 g/mol. The zero-order valence-corrected chi connectivity index (χ0v) is 13.3. The van der Waals surface area contributed by atoms with E-state index in [4.69, 9.17) is 4.74 Å².